The Morgan fingerprint density at radius 3 is 2.18 bits per heavy atom. The first-order chi connectivity index (χ1) is 10.6. The third-order valence-corrected chi connectivity index (χ3v) is 3.71. The van der Waals surface area contributed by atoms with Crippen LogP contribution >= 0.6 is 0 Å². The molecule has 22 heavy (non-hydrogen) atoms. The second-order valence-corrected chi connectivity index (χ2v) is 5.08. The summed E-state index contributed by atoms with van der Waals surface area (Å²) in [7, 11) is 0. The molecule has 1 saturated heterocycles. The van der Waals surface area contributed by atoms with Crippen molar-refractivity contribution in [1.82, 2.24) is 0 Å². The molecule has 0 aliphatic carbocycles. The van der Waals surface area contributed by atoms with Gasteiger partial charge in [0.25, 0.3) is 5.69 Å². The van der Waals surface area contributed by atoms with Crippen LogP contribution in [0.5, 0.6) is 0 Å². The SMILES string of the molecule is O=C1CN(c2ccc([N+](=O)[O-])cc2)CCN1c1ccccc1. The highest BCUT2D eigenvalue weighted by Gasteiger charge is 2.25. The Morgan fingerprint density at radius 2 is 1.59 bits per heavy atom. The van der Waals surface area contributed by atoms with Gasteiger partial charge in [-0.2, -0.15) is 0 Å². The molecule has 6 nitrogen and oxygen atoms in total. The molecule has 0 spiro atoms. The molecule has 0 atom stereocenters. The number of anilines is 2. The lowest BCUT2D eigenvalue weighted by atomic mass is 10.2. The first kappa shape index (κ1) is 14.1. The lowest BCUT2D eigenvalue weighted by molar-refractivity contribution is -0.384. The van der Waals surface area contributed by atoms with Crippen molar-refractivity contribution in [3.8, 4) is 0 Å². The van der Waals surface area contributed by atoms with Crippen LogP contribution in [0.2, 0.25) is 0 Å². The standard InChI is InChI=1S/C16H15N3O3/c20-16-12-17(13-6-8-15(9-7-13)19(21)22)10-11-18(16)14-4-2-1-3-5-14/h1-9H,10-12H2. The van der Waals surface area contributed by atoms with Crippen LogP contribution in [0.3, 0.4) is 0 Å². The van der Waals surface area contributed by atoms with E-state index in [1.54, 1.807) is 17.0 Å². The van der Waals surface area contributed by atoms with Crippen LogP contribution in [0, 0.1) is 10.1 Å². The van der Waals surface area contributed by atoms with Crippen molar-refractivity contribution in [2.45, 2.75) is 0 Å². The molecule has 0 saturated carbocycles. The summed E-state index contributed by atoms with van der Waals surface area (Å²) in [6, 6.07) is 15.9. The van der Waals surface area contributed by atoms with Gasteiger partial charge in [-0.3, -0.25) is 14.9 Å². The summed E-state index contributed by atoms with van der Waals surface area (Å²) in [4.78, 5) is 26.3. The number of nitro groups is 1. The van der Waals surface area contributed by atoms with E-state index in [0.717, 1.165) is 11.4 Å². The number of amides is 1. The van der Waals surface area contributed by atoms with Gasteiger partial charge in [-0.25, -0.2) is 0 Å². The average Bonchev–Trinajstić information content (AvgIpc) is 2.55. The van der Waals surface area contributed by atoms with E-state index >= 15 is 0 Å². The van der Waals surface area contributed by atoms with Crippen LogP contribution < -0.4 is 9.80 Å². The van der Waals surface area contributed by atoms with Crippen molar-refractivity contribution in [3.63, 3.8) is 0 Å². The summed E-state index contributed by atoms with van der Waals surface area (Å²) in [6.45, 7) is 1.56. The predicted octanol–water partition coefficient (Wildman–Crippen LogP) is 2.45. The highest BCUT2D eigenvalue weighted by Crippen LogP contribution is 2.23. The number of hydrogen-bond donors (Lipinski definition) is 0. The summed E-state index contributed by atoms with van der Waals surface area (Å²) < 4.78 is 0. The number of non-ortho nitro benzene ring substituents is 1. The lowest BCUT2D eigenvalue weighted by Gasteiger charge is -2.35. The number of hydrogen-bond acceptors (Lipinski definition) is 4. The Bertz CT molecular complexity index is 686. The Labute approximate surface area is 127 Å². The third kappa shape index (κ3) is 2.76. The first-order valence-electron chi connectivity index (χ1n) is 7.00. The normalized spacial score (nSPS) is 15.0. The van der Waals surface area contributed by atoms with Gasteiger partial charge in [0.05, 0.1) is 11.5 Å². The molecule has 6 heteroatoms. The first-order valence-corrected chi connectivity index (χ1v) is 7.00. The minimum absolute atomic E-state index is 0.0239. The van der Waals surface area contributed by atoms with E-state index in [0.29, 0.717) is 13.1 Å². The van der Waals surface area contributed by atoms with Crippen molar-refractivity contribution in [2.75, 3.05) is 29.4 Å². The maximum Gasteiger partial charge on any atom is 0.269 e. The molecule has 1 fully saturated rings. The number of para-hydroxylation sites is 1. The highest BCUT2D eigenvalue weighted by atomic mass is 16.6. The van der Waals surface area contributed by atoms with Crippen LogP contribution in [0.1, 0.15) is 0 Å². The number of nitrogens with zero attached hydrogens (tertiary/aromatic N) is 3. The second kappa shape index (κ2) is 5.85. The number of rotatable bonds is 3. The van der Waals surface area contributed by atoms with E-state index in [1.807, 2.05) is 35.2 Å². The van der Waals surface area contributed by atoms with E-state index in [1.165, 1.54) is 12.1 Å². The lowest BCUT2D eigenvalue weighted by Crippen LogP contribution is -2.50. The van der Waals surface area contributed by atoms with Gasteiger partial charge in [0.15, 0.2) is 0 Å². The maximum absolute atomic E-state index is 12.3. The van der Waals surface area contributed by atoms with E-state index in [9.17, 15) is 14.9 Å². The fourth-order valence-electron chi connectivity index (χ4n) is 2.56. The van der Waals surface area contributed by atoms with Gasteiger partial charge in [0.2, 0.25) is 5.91 Å². The fourth-order valence-corrected chi connectivity index (χ4v) is 2.56. The third-order valence-electron chi connectivity index (χ3n) is 3.71. The van der Waals surface area contributed by atoms with Crippen LogP contribution in [-0.2, 0) is 4.79 Å². The quantitative estimate of drug-likeness (QED) is 0.644. The Kier molecular flexibility index (Phi) is 3.74. The topological polar surface area (TPSA) is 66.7 Å². The number of carbonyl (C=O) groups excluding carboxylic acids is 1. The van der Waals surface area contributed by atoms with Gasteiger partial charge in [-0.05, 0) is 24.3 Å². The number of piperazine rings is 1. The van der Waals surface area contributed by atoms with Gasteiger partial charge >= 0.3 is 0 Å². The van der Waals surface area contributed by atoms with Gasteiger partial charge in [0, 0.05) is 36.6 Å². The Balaban J connectivity index is 1.72. The molecule has 1 amide bonds. The Morgan fingerprint density at radius 1 is 0.909 bits per heavy atom. The number of nitro benzene ring substituents is 1. The fraction of sp³-hybridized carbons (Fsp3) is 0.188. The van der Waals surface area contributed by atoms with E-state index < -0.39 is 4.92 Å². The maximum atomic E-state index is 12.3. The largest absolute Gasteiger partial charge is 0.360 e. The Hall–Kier alpha value is -2.89. The summed E-state index contributed by atoms with van der Waals surface area (Å²) in [5.41, 5.74) is 1.78. The van der Waals surface area contributed by atoms with Crippen molar-refractivity contribution >= 4 is 23.0 Å². The van der Waals surface area contributed by atoms with Crippen molar-refractivity contribution in [2.24, 2.45) is 0 Å². The predicted molar refractivity (Wildman–Crippen MR) is 84.1 cm³/mol. The van der Waals surface area contributed by atoms with Crippen molar-refractivity contribution < 1.29 is 9.72 Å². The minimum Gasteiger partial charge on any atom is -0.360 e. The smallest absolute Gasteiger partial charge is 0.269 e. The van der Waals surface area contributed by atoms with Gasteiger partial charge in [-0.15, -0.1) is 0 Å². The molecule has 1 aliphatic rings. The molecule has 2 aromatic rings. The molecule has 1 aliphatic heterocycles. The molecule has 2 aromatic carbocycles. The van der Waals surface area contributed by atoms with Crippen LogP contribution in [0.25, 0.3) is 0 Å². The van der Waals surface area contributed by atoms with Crippen LogP contribution in [-0.4, -0.2) is 30.5 Å². The molecule has 0 unspecified atom stereocenters. The molecule has 3 rings (SSSR count). The second-order valence-electron chi connectivity index (χ2n) is 5.08. The van der Waals surface area contributed by atoms with Gasteiger partial charge in [-0.1, -0.05) is 18.2 Å². The zero-order chi connectivity index (χ0) is 15.5. The molecule has 0 N–H and O–H groups in total. The molecular formula is C16H15N3O3. The van der Waals surface area contributed by atoms with E-state index in [-0.39, 0.29) is 18.1 Å². The minimum atomic E-state index is -0.428. The van der Waals surface area contributed by atoms with Crippen molar-refractivity contribution in [1.29, 1.82) is 0 Å². The van der Waals surface area contributed by atoms with Gasteiger partial charge in [0.1, 0.15) is 0 Å². The zero-order valence-corrected chi connectivity index (χ0v) is 11.9. The average molecular weight is 297 g/mol. The van der Waals surface area contributed by atoms with Crippen LogP contribution in [0.15, 0.2) is 54.6 Å². The van der Waals surface area contributed by atoms with Crippen LogP contribution in [0.4, 0.5) is 17.1 Å². The zero-order valence-electron chi connectivity index (χ0n) is 11.9. The number of benzene rings is 2. The van der Waals surface area contributed by atoms with E-state index in [2.05, 4.69) is 0 Å². The summed E-state index contributed by atoms with van der Waals surface area (Å²) in [5, 5.41) is 10.7. The summed E-state index contributed by atoms with van der Waals surface area (Å²) in [5.74, 6) is 0.0239. The molecule has 0 bridgehead atoms. The molecule has 0 radical (unpaired) electrons. The molecule has 0 aromatic heterocycles. The molecular weight excluding hydrogens is 282 g/mol. The summed E-state index contributed by atoms with van der Waals surface area (Å²) >= 11 is 0. The van der Waals surface area contributed by atoms with Gasteiger partial charge < -0.3 is 9.80 Å². The molecule has 112 valence electrons. The highest BCUT2D eigenvalue weighted by molar-refractivity contribution is 5.97. The van der Waals surface area contributed by atoms with E-state index in [4.69, 9.17) is 0 Å². The monoisotopic (exact) mass is 297 g/mol. The number of carbonyl (C=O) groups is 1. The summed E-state index contributed by atoms with van der Waals surface area (Å²) in [6.07, 6.45) is 0. The molecule has 1 heterocycles. The van der Waals surface area contributed by atoms with Crippen molar-refractivity contribution in [3.05, 3.63) is 64.7 Å².